The molecule has 0 aromatic heterocycles. The largest absolute Gasteiger partial charge is 0.393 e. The van der Waals surface area contributed by atoms with E-state index in [9.17, 15) is 31.0 Å². The SMILES string of the molecule is O=C1CC(CCC(CCCCCS(=O)(=O)O)S(=O)(=O)O)C(=O)O1. The number of hydrogen-bond donors (Lipinski definition) is 2. The van der Waals surface area contributed by atoms with Crippen LogP contribution in [0.5, 0.6) is 0 Å². The van der Waals surface area contributed by atoms with E-state index in [1.165, 1.54) is 0 Å². The van der Waals surface area contributed by atoms with Crippen LogP contribution in [0.4, 0.5) is 0 Å². The van der Waals surface area contributed by atoms with E-state index in [2.05, 4.69) is 4.74 Å². The molecule has 1 aliphatic heterocycles. The Labute approximate surface area is 134 Å². The Kier molecular flexibility index (Phi) is 7.11. The van der Waals surface area contributed by atoms with Crippen molar-refractivity contribution in [3.8, 4) is 0 Å². The van der Waals surface area contributed by atoms with Gasteiger partial charge in [-0.15, -0.1) is 0 Å². The van der Waals surface area contributed by atoms with Gasteiger partial charge >= 0.3 is 11.9 Å². The van der Waals surface area contributed by atoms with Crippen LogP contribution in [-0.4, -0.2) is 48.9 Å². The van der Waals surface area contributed by atoms with Crippen LogP contribution in [-0.2, 0) is 34.6 Å². The fourth-order valence-corrected chi connectivity index (χ4v) is 3.87. The summed E-state index contributed by atoms with van der Waals surface area (Å²) in [7, 11) is -8.34. The normalized spacial score (nSPS) is 20.5. The molecule has 0 aliphatic carbocycles. The van der Waals surface area contributed by atoms with E-state index in [1.54, 1.807) is 0 Å². The van der Waals surface area contributed by atoms with Crippen molar-refractivity contribution in [1.82, 2.24) is 0 Å². The highest BCUT2D eigenvalue weighted by molar-refractivity contribution is 7.86. The summed E-state index contributed by atoms with van der Waals surface area (Å²) in [5.74, 6) is -2.42. The summed E-state index contributed by atoms with van der Waals surface area (Å²) >= 11 is 0. The zero-order valence-corrected chi connectivity index (χ0v) is 14.0. The van der Waals surface area contributed by atoms with E-state index in [0.717, 1.165) is 0 Å². The van der Waals surface area contributed by atoms with Crippen molar-refractivity contribution in [2.75, 3.05) is 5.75 Å². The van der Waals surface area contributed by atoms with Gasteiger partial charge in [-0.3, -0.25) is 18.7 Å². The Balaban J connectivity index is 2.42. The highest BCUT2D eigenvalue weighted by atomic mass is 32.2. The first-order valence-corrected chi connectivity index (χ1v) is 10.3. The Bertz CT molecular complexity index is 635. The third kappa shape index (κ3) is 7.86. The number of cyclic esters (lactones) is 2. The van der Waals surface area contributed by atoms with E-state index in [-0.39, 0.29) is 32.1 Å². The minimum Gasteiger partial charge on any atom is -0.393 e. The lowest BCUT2D eigenvalue weighted by Gasteiger charge is -2.14. The average molecular weight is 372 g/mol. The summed E-state index contributed by atoms with van der Waals surface area (Å²) in [4.78, 5) is 22.3. The summed E-state index contributed by atoms with van der Waals surface area (Å²) in [6, 6.07) is 0. The maximum Gasteiger partial charge on any atom is 0.317 e. The van der Waals surface area contributed by atoms with Gasteiger partial charge in [0.15, 0.2) is 0 Å². The van der Waals surface area contributed by atoms with Gasteiger partial charge in [0.25, 0.3) is 20.2 Å². The van der Waals surface area contributed by atoms with E-state index in [0.29, 0.717) is 12.8 Å². The molecule has 1 saturated heterocycles. The van der Waals surface area contributed by atoms with Gasteiger partial charge in [0, 0.05) is 0 Å². The Morgan fingerprint density at radius 1 is 1.04 bits per heavy atom. The third-order valence-corrected chi connectivity index (χ3v) is 5.77. The van der Waals surface area contributed by atoms with Crippen molar-refractivity contribution in [2.24, 2.45) is 5.92 Å². The molecule has 134 valence electrons. The highest BCUT2D eigenvalue weighted by Crippen LogP contribution is 2.25. The molecule has 1 rings (SSSR count). The second-order valence-corrected chi connectivity index (χ2v) is 8.81. The second-order valence-electron chi connectivity index (χ2n) is 5.54. The van der Waals surface area contributed by atoms with Crippen molar-refractivity contribution in [1.29, 1.82) is 0 Å². The maximum absolute atomic E-state index is 11.3. The Morgan fingerprint density at radius 3 is 2.17 bits per heavy atom. The molecule has 0 aromatic rings. The number of carbonyl (C=O) groups is 2. The van der Waals surface area contributed by atoms with E-state index >= 15 is 0 Å². The van der Waals surface area contributed by atoms with Gasteiger partial charge in [0.2, 0.25) is 0 Å². The minimum absolute atomic E-state index is 0.00415. The molecule has 1 aliphatic rings. The summed E-state index contributed by atoms with van der Waals surface area (Å²) in [6.45, 7) is 0. The lowest BCUT2D eigenvalue weighted by molar-refractivity contribution is -0.153. The molecule has 2 atom stereocenters. The maximum atomic E-state index is 11.3. The monoisotopic (exact) mass is 372 g/mol. The molecule has 1 fully saturated rings. The molecule has 1 heterocycles. The van der Waals surface area contributed by atoms with Crippen molar-refractivity contribution in [3.63, 3.8) is 0 Å². The summed E-state index contributed by atoms with van der Waals surface area (Å²) in [5, 5.41) is -1.09. The molecule has 2 unspecified atom stereocenters. The Morgan fingerprint density at radius 2 is 1.70 bits per heavy atom. The second kappa shape index (κ2) is 8.18. The van der Waals surface area contributed by atoms with Gasteiger partial charge in [-0.1, -0.05) is 12.8 Å². The average Bonchev–Trinajstić information content (AvgIpc) is 2.68. The molecule has 23 heavy (non-hydrogen) atoms. The molecule has 2 N–H and O–H groups in total. The molecule has 0 radical (unpaired) electrons. The van der Waals surface area contributed by atoms with Crippen molar-refractivity contribution in [3.05, 3.63) is 0 Å². The molecule has 0 amide bonds. The van der Waals surface area contributed by atoms with E-state index < -0.39 is 49.1 Å². The number of hydrogen-bond acceptors (Lipinski definition) is 7. The van der Waals surface area contributed by atoms with Crippen LogP contribution < -0.4 is 0 Å². The zero-order chi connectivity index (χ0) is 17.7. The van der Waals surface area contributed by atoms with Crippen LogP contribution in [0.3, 0.4) is 0 Å². The third-order valence-electron chi connectivity index (χ3n) is 3.65. The van der Waals surface area contributed by atoms with E-state index in [4.69, 9.17) is 4.55 Å². The lowest BCUT2D eigenvalue weighted by Crippen LogP contribution is -2.22. The van der Waals surface area contributed by atoms with Gasteiger partial charge in [-0.05, 0) is 25.7 Å². The van der Waals surface area contributed by atoms with Crippen LogP contribution in [0, 0.1) is 5.92 Å². The summed E-state index contributed by atoms with van der Waals surface area (Å²) < 4.78 is 65.9. The smallest absolute Gasteiger partial charge is 0.317 e. The minimum atomic E-state index is -4.31. The van der Waals surface area contributed by atoms with Crippen molar-refractivity contribution < 1.29 is 40.3 Å². The number of unbranched alkanes of at least 4 members (excludes halogenated alkanes) is 2. The van der Waals surface area contributed by atoms with Crippen LogP contribution in [0.15, 0.2) is 0 Å². The molecular formula is C12H20O9S2. The first kappa shape index (κ1) is 20.0. The first-order chi connectivity index (χ1) is 10.5. The molecule has 0 bridgehead atoms. The van der Waals surface area contributed by atoms with Gasteiger partial charge in [-0.25, -0.2) is 0 Å². The lowest BCUT2D eigenvalue weighted by atomic mass is 9.98. The molecule has 11 heteroatoms. The molecule has 0 spiro atoms. The van der Waals surface area contributed by atoms with Gasteiger partial charge in [0.05, 0.1) is 23.3 Å². The van der Waals surface area contributed by atoms with E-state index in [1.807, 2.05) is 0 Å². The van der Waals surface area contributed by atoms with Gasteiger partial charge < -0.3 is 4.74 Å². The fraction of sp³-hybridized carbons (Fsp3) is 0.833. The van der Waals surface area contributed by atoms with Crippen LogP contribution >= 0.6 is 0 Å². The number of ether oxygens (including phenoxy) is 1. The standard InChI is InChI=1S/C12H20O9S2/c13-11-8-9(12(14)21-11)5-6-10(23(18,19)20)4-2-1-3-7-22(15,16)17/h9-10H,1-8H2,(H,15,16,17)(H,18,19,20). The topological polar surface area (TPSA) is 152 Å². The first-order valence-electron chi connectivity index (χ1n) is 7.15. The Hall–Kier alpha value is -1.04. The number of esters is 2. The van der Waals surface area contributed by atoms with Crippen molar-refractivity contribution >= 4 is 32.2 Å². The predicted octanol–water partition coefficient (Wildman–Crippen LogP) is 0.561. The van der Waals surface area contributed by atoms with Crippen LogP contribution in [0.2, 0.25) is 0 Å². The van der Waals surface area contributed by atoms with Crippen LogP contribution in [0.25, 0.3) is 0 Å². The van der Waals surface area contributed by atoms with Gasteiger partial charge in [0.1, 0.15) is 0 Å². The molecular weight excluding hydrogens is 352 g/mol. The fourth-order valence-electron chi connectivity index (χ4n) is 2.40. The molecule has 0 saturated carbocycles. The summed E-state index contributed by atoms with van der Waals surface area (Å²) in [6.07, 6.45) is 1.01. The predicted molar refractivity (Wildman–Crippen MR) is 78.7 cm³/mol. The zero-order valence-electron chi connectivity index (χ0n) is 12.4. The van der Waals surface area contributed by atoms with Gasteiger partial charge in [-0.2, -0.15) is 16.8 Å². The van der Waals surface area contributed by atoms with Crippen LogP contribution in [0.1, 0.15) is 44.9 Å². The molecule has 9 nitrogen and oxygen atoms in total. The molecule has 0 aromatic carbocycles. The highest BCUT2D eigenvalue weighted by Gasteiger charge is 2.34. The quantitative estimate of drug-likeness (QED) is 0.242. The number of carbonyl (C=O) groups excluding carboxylic acids is 2. The van der Waals surface area contributed by atoms with Crippen molar-refractivity contribution in [2.45, 2.75) is 50.2 Å². The number of rotatable bonds is 10. The summed E-state index contributed by atoms with van der Waals surface area (Å²) in [5.41, 5.74) is 0.